The molecule has 0 N–H and O–H groups in total. The van der Waals surface area contributed by atoms with Crippen LogP contribution in [0.2, 0.25) is 0 Å². The highest BCUT2D eigenvalue weighted by atomic mass is 32.2. The smallest absolute Gasteiger partial charge is 0.289 e. The molecule has 100 valence electrons. The number of aryl methyl sites for hydroxylation is 2. The molecule has 0 spiro atoms. The van der Waals surface area contributed by atoms with Gasteiger partial charge in [-0.3, -0.25) is 4.79 Å². The predicted octanol–water partition coefficient (Wildman–Crippen LogP) is 1.02. The highest BCUT2D eigenvalue weighted by Crippen LogP contribution is 2.18. The molecule has 0 atom stereocenters. The van der Waals surface area contributed by atoms with Crippen LogP contribution in [0.3, 0.4) is 0 Å². The lowest BCUT2D eigenvalue weighted by atomic mass is 10.2. The Labute approximate surface area is 107 Å². The van der Waals surface area contributed by atoms with Crippen molar-refractivity contribution in [3.8, 4) is 0 Å². The molecule has 0 unspecified atom stereocenters. The minimum atomic E-state index is -2.96. The molecule has 1 aliphatic heterocycles. The van der Waals surface area contributed by atoms with E-state index in [4.69, 9.17) is 4.42 Å². The van der Waals surface area contributed by atoms with Crippen molar-refractivity contribution in [2.24, 2.45) is 0 Å². The van der Waals surface area contributed by atoms with Crippen molar-refractivity contribution in [3.05, 3.63) is 23.2 Å². The standard InChI is InChI=1S/C12H17NO4S/c1-3-10-9(2)8-11(17-10)12(14)13-4-6-18(15,16)7-5-13/h8H,3-7H2,1-2H3. The summed E-state index contributed by atoms with van der Waals surface area (Å²) < 4.78 is 28.1. The third-order valence-electron chi connectivity index (χ3n) is 3.18. The van der Waals surface area contributed by atoms with Gasteiger partial charge in [0.25, 0.3) is 5.91 Å². The summed E-state index contributed by atoms with van der Waals surface area (Å²) in [5, 5.41) is 0. The van der Waals surface area contributed by atoms with Crippen LogP contribution in [0.15, 0.2) is 10.5 Å². The van der Waals surface area contributed by atoms with Crippen molar-refractivity contribution in [3.63, 3.8) is 0 Å². The molecule has 1 aromatic heterocycles. The summed E-state index contributed by atoms with van der Waals surface area (Å²) in [5.41, 5.74) is 0.963. The van der Waals surface area contributed by atoms with Crippen LogP contribution < -0.4 is 0 Å². The number of carbonyl (C=O) groups excluding carboxylic acids is 1. The first-order chi connectivity index (χ1) is 8.43. The lowest BCUT2D eigenvalue weighted by Gasteiger charge is -2.25. The van der Waals surface area contributed by atoms with E-state index in [1.165, 1.54) is 0 Å². The molecule has 0 radical (unpaired) electrons. The molecule has 2 heterocycles. The molecule has 1 saturated heterocycles. The molecule has 0 aromatic carbocycles. The second-order valence-corrected chi connectivity index (χ2v) is 6.82. The third kappa shape index (κ3) is 2.58. The fourth-order valence-electron chi connectivity index (χ4n) is 2.05. The van der Waals surface area contributed by atoms with Gasteiger partial charge in [-0.05, 0) is 18.6 Å². The molecular weight excluding hydrogens is 254 g/mol. The van der Waals surface area contributed by atoms with E-state index in [1.807, 2.05) is 13.8 Å². The van der Waals surface area contributed by atoms with E-state index in [1.54, 1.807) is 11.0 Å². The average molecular weight is 271 g/mol. The molecular formula is C12H17NO4S. The number of furan rings is 1. The fourth-order valence-corrected chi connectivity index (χ4v) is 3.25. The van der Waals surface area contributed by atoms with Crippen LogP contribution in [-0.4, -0.2) is 43.8 Å². The van der Waals surface area contributed by atoms with Gasteiger partial charge >= 0.3 is 0 Å². The molecule has 0 saturated carbocycles. The van der Waals surface area contributed by atoms with E-state index in [0.717, 1.165) is 17.7 Å². The SMILES string of the molecule is CCc1oc(C(=O)N2CCS(=O)(=O)CC2)cc1C. The molecule has 0 bridgehead atoms. The van der Waals surface area contributed by atoms with Crippen molar-refractivity contribution in [2.75, 3.05) is 24.6 Å². The van der Waals surface area contributed by atoms with Crippen molar-refractivity contribution in [1.29, 1.82) is 0 Å². The van der Waals surface area contributed by atoms with Gasteiger partial charge in [0.1, 0.15) is 5.76 Å². The van der Waals surface area contributed by atoms with Gasteiger partial charge in [-0.1, -0.05) is 6.92 Å². The maximum absolute atomic E-state index is 12.1. The van der Waals surface area contributed by atoms with Gasteiger partial charge in [0, 0.05) is 19.5 Å². The Balaban J connectivity index is 2.12. The van der Waals surface area contributed by atoms with Crippen molar-refractivity contribution in [1.82, 2.24) is 4.90 Å². The first-order valence-corrected chi connectivity index (χ1v) is 7.84. The van der Waals surface area contributed by atoms with Gasteiger partial charge in [-0.2, -0.15) is 0 Å². The van der Waals surface area contributed by atoms with Gasteiger partial charge in [-0.15, -0.1) is 0 Å². The lowest BCUT2D eigenvalue weighted by molar-refractivity contribution is 0.0736. The van der Waals surface area contributed by atoms with Crippen LogP contribution >= 0.6 is 0 Å². The van der Waals surface area contributed by atoms with Gasteiger partial charge in [0.15, 0.2) is 15.6 Å². The molecule has 1 aliphatic rings. The fraction of sp³-hybridized carbons (Fsp3) is 0.583. The van der Waals surface area contributed by atoms with Gasteiger partial charge in [0.2, 0.25) is 0 Å². The van der Waals surface area contributed by atoms with E-state index in [-0.39, 0.29) is 30.5 Å². The summed E-state index contributed by atoms with van der Waals surface area (Å²) in [4.78, 5) is 13.7. The number of amides is 1. The second kappa shape index (κ2) is 4.76. The Kier molecular flexibility index (Phi) is 3.47. The molecule has 6 heteroatoms. The first-order valence-electron chi connectivity index (χ1n) is 6.02. The summed E-state index contributed by atoms with van der Waals surface area (Å²) in [6.45, 7) is 4.37. The lowest BCUT2D eigenvalue weighted by Crippen LogP contribution is -2.43. The zero-order valence-electron chi connectivity index (χ0n) is 10.6. The number of hydrogen-bond donors (Lipinski definition) is 0. The zero-order chi connectivity index (χ0) is 13.3. The normalized spacial score (nSPS) is 18.9. The highest BCUT2D eigenvalue weighted by molar-refractivity contribution is 7.91. The molecule has 2 rings (SSSR count). The predicted molar refractivity (Wildman–Crippen MR) is 67.4 cm³/mol. The summed E-state index contributed by atoms with van der Waals surface area (Å²) in [6.07, 6.45) is 0.744. The zero-order valence-corrected chi connectivity index (χ0v) is 11.4. The van der Waals surface area contributed by atoms with Crippen molar-refractivity contribution in [2.45, 2.75) is 20.3 Å². The first kappa shape index (κ1) is 13.1. The van der Waals surface area contributed by atoms with Crippen LogP contribution in [0.1, 0.15) is 28.8 Å². The van der Waals surface area contributed by atoms with E-state index >= 15 is 0 Å². The highest BCUT2D eigenvalue weighted by Gasteiger charge is 2.27. The van der Waals surface area contributed by atoms with Crippen molar-refractivity contribution >= 4 is 15.7 Å². The van der Waals surface area contributed by atoms with Gasteiger partial charge in [-0.25, -0.2) is 8.42 Å². The maximum Gasteiger partial charge on any atom is 0.289 e. The van der Waals surface area contributed by atoms with Crippen LogP contribution in [0.5, 0.6) is 0 Å². The topological polar surface area (TPSA) is 67.6 Å². The van der Waals surface area contributed by atoms with E-state index in [0.29, 0.717) is 5.76 Å². The Bertz CT molecular complexity index is 545. The van der Waals surface area contributed by atoms with Gasteiger partial charge in [0.05, 0.1) is 11.5 Å². The molecule has 1 fully saturated rings. The van der Waals surface area contributed by atoms with Crippen molar-refractivity contribution < 1.29 is 17.6 Å². The van der Waals surface area contributed by atoms with Gasteiger partial charge < -0.3 is 9.32 Å². The summed E-state index contributed by atoms with van der Waals surface area (Å²) >= 11 is 0. The number of rotatable bonds is 2. The summed E-state index contributed by atoms with van der Waals surface area (Å²) in [7, 11) is -2.96. The molecule has 5 nitrogen and oxygen atoms in total. The second-order valence-electron chi connectivity index (χ2n) is 4.51. The van der Waals surface area contributed by atoms with E-state index < -0.39 is 9.84 Å². The maximum atomic E-state index is 12.1. The molecule has 18 heavy (non-hydrogen) atoms. The van der Waals surface area contributed by atoms with Crippen LogP contribution in [-0.2, 0) is 16.3 Å². The third-order valence-corrected chi connectivity index (χ3v) is 4.79. The number of sulfone groups is 1. The Morgan fingerprint density at radius 2 is 2.00 bits per heavy atom. The Morgan fingerprint density at radius 1 is 1.39 bits per heavy atom. The minimum absolute atomic E-state index is 0.0407. The van der Waals surface area contributed by atoms with E-state index in [9.17, 15) is 13.2 Å². The molecule has 1 aromatic rings. The average Bonchev–Trinajstić information content (AvgIpc) is 2.69. The summed E-state index contributed by atoms with van der Waals surface area (Å²) in [5.74, 6) is 0.984. The quantitative estimate of drug-likeness (QED) is 0.805. The number of hydrogen-bond acceptors (Lipinski definition) is 4. The number of carbonyl (C=O) groups is 1. The van der Waals surface area contributed by atoms with E-state index in [2.05, 4.69) is 0 Å². The Morgan fingerprint density at radius 3 is 2.50 bits per heavy atom. The minimum Gasteiger partial charge on any atom is -0.456 e. The Hall–Kier alpha value is -1.30. The molecule has 1 amide bonds. The summed E-state index contributed by atoms with van der Waals surface area (Å²) in [6, 6.07) is 1.73. The van der Waals surface area contributed by atoms with Crippen LogP contribution in [0, 0.1) is 6.92 Å². The molecule has 0 aliphatic carbocycles. The monoisotopic (exact) mass is 271 g/mol. The largest absolute Gasteiger partial charge is 0.456 e. The van der Waals surface area contributed by atoms with Crippen LogP contribution in [0.4, 0.5) is 0 Å². The number of nitrogens with zero attached hydrogens (tertiary/aromatic N) is 1. The van der Waals surface area contributed by atoms with Crippen LogP contribution in [0.25, 0.3) is 0 Å².